The van der Waals surface area contributed by atoms with Gasteiger partial charge < -0.3 is 14.5 Å². The molecule has 2 aliphatic heterocycles. The van der Waals surface area contributed by atoms with Crippen LogP contribution < -0.4 is 0 Å². The zero-order chi connectivity index (χ0) is 23.3. The molecular formula is C29H38N2O2. The number of ether oxygens (including phenoxy) is 1. The summed E-state index contributed by atoms with van der Waals surface area (Å²) in [6.07, 6.45) is 8.03. The van der Waals surface area contributed by atoms with Crippen LogP contribution in [0.5, 0.6) is 0 Å². The van der Waals surface area contributed by atoms with Gasteiger partial charge in [0.05, 0.1) is 0 Å². The van der Waals surface area contributed by atoms with Crippen LogP contribution in [0.15, 0.2) is 66.7 Å². The Balaban J connectivity index is 1.70. The third-order valence-electron chi connectivity index (χ3n) is 7.66. The molecule has 3 unspecified atom stereocenters. The topological polar surface area (TPSA) is 32.8 Å². The zero-order valence-corrected chi connectivity index (χ0v) is 20.4. The molecule has 4 rings (SSSR count). The molecule has 0 aromatic heterocycles. The molecule has 4 nitrogen and oxygen atoms in total. The molecule has 4 heteroatoms. The molecule has 2 aromatic carbocycles. The van der Waals surface area contributed by atoms with Crippen molar-refractivity contribution in [3.63, 3.8) is 0 Å². The number of hydrogen-bond donors (Lipinski definition) is 0. The summed E-state index contributed by atoms with van der Waals surface area (Å²) in [6.45, 7) is 8.63. The number of likely N-dealkylation sites (tertiary alicyclic amines) is 2. The van der Waals surface area contributed by atoms with Crippen LogP contribution in [0.1, 0.15) is 50.7 Å². The van der Waals surface area contributed by atoms with Gasteiger partial charge in [-0.05, 0) is 57.1 Å². The summed E-state index contributed by atoms with van der Waals surface area (Å²) in [5.41, 5.74) is 1.18. The molecule has 0 spiro atoms. The number of nitrogens with zero attached hydrogens (tertiary/aromatic N) is 2. The summed E-state index contributed by atoms with van der Waals surface area (Å²) in [5.74, 6) is -0.274. The molecule has 2 fully saturated rings. The maximum atomic E-state index is 13.3. The first-order valence-electron chi connectivity index (χ1n) is 12.4. The van der Waals surface area contributed by atoms with Crippen molar-refractivity contribution in [2.45, 2.75) is 51.2 Å². The Morgan fingerprint density at radius 2 is 1.67 bits per heavy atom. The van der Waals surface area contributed by atoms with E-state index in [0.29, 0.717) is 6.04 Å². The van der Waals surface area contributed by atoms with Gasteiger partial charge in [0.2, 0.25) is 0 Å². The van der Waals surface area contributed by atoms with E-state index >= 15 is 0 Å². The second-order valence-electron chi connectivity index (χ2n) is 10.2. The smallest absolute Gasteiger partial charge is 0.331 e. The Bertz CT molecular complexity index is 939. The van der Waals surface area contributed by atoms with Gasteiger partial charge in [0.1, 0.15) is 5.60 Å². The summed E-state index contributed by atoms with van der Waals surface area (Å²) in [5, 5.41) is 0. The van der Waals surface area contributed by atoms with Crippen LogP contribution in [0, 0.1) is 5.41 Å². The van der Waals surface area contributed by atoms with Gasteiger partial charge in [0.15, 0.2) is 0 Å². The minimum absolute atomic E-state index is 0.233. The first-order valence-corrected chi connectivity index (χ1v) is 12.4. The van der Waals surface area contributed by atoms with E-state index in [1.807, 2.05) is 42.5 Å². The lowest BCUT2D eigenvalue weighted by molar-refractivity contribution is -0.197. The van der Waals surface area contributed by atoms with Crippen molar-refractivity contribution < 1.29 is 9.53 Å². The number of carbonyl (C=O) groups excluding carboxylic acids is 1. The fourth-order valence-electron chi connectivity index (χ4n) is 5.77. The van der Waals surface area contributed by atoms with Crippen molar-refractivity contribution in [1.82, 2.24) is 9.80 Å². The van der Waals surface area contributed by atoms with Crippen molar-refractivity contribution in [3.05, 3.63) is 77.9 Å². The Morgan fingerprint density at radius 3 is 2.33 bits per heavy atom. The molecule has 0 radical (unpaired) electrons. The fraction of sp³-hybridized carbons (Fsp3) is 0.483. The molecule has 176 valence electrons. The molecule has 2 saturated heterocycles. The van der Waals surface area contributed by atoms with Crippen LogP contribution >= 0.6 is 0 Å². The van der Waals surface area contributed by atoms with Gasteiger partial charge in [-0.2, -0.15) is 0 Å². The molecule has 3 atom stereocenters. The zero-order valence-electron chi connectivity index (χ0n) is 20.4. The van der Waals surface area contributed by atoms with E-state index in [1.54, 1.807) is 6.08 Å². The molecule has 0 N–H and O–H groups in total. The molecule has 0 bridgehead atoms. The van der Waals surface area contributed by atoms with Gasteiger partial charge in [-0.25, -0.2) is 4.79 Å². The largest absolute Gasteiger partial charge is 0.450 e. The van der Waals surface area contributed by atoms with Gasteiger partial charge in [0.25, 0.3) is 0 Å². The second-order valence-corrected chi connectivity index (χ2v) is 10.2. The van der Waals surface area contributed by atoms with Gasteiger partial charge in [-0.1, -0.05) is 74.0 Å². The molecule has 2 aromatic rings. The summed E-state index contributed by atoms with van der Waals surface area (Å²) >= 11 is 0. The first-order chi connectivity index (χ1) is 15.9. The van der Waals surface area contributed by atoms with Crippen LogP contribution in [-0.4, -0.2) is 55.0 Å². The minimum atomic E-state index is -0.685. The second kappa shape index (κ2) is 10.2. The SMILES string of the molecule is CC1CC(OC(=O)/C=C/c2ccccc2)(c2ccccc2)C(C)(CN2CCCCC2)CN1C. The monoisotopic (exact) mass is 446 g/mol. The maximum absolute atomic E-state index is 13.3. The van der Waals surface area contributed by atoms with E-state index in [4.69, 9.17) is 4.74 Å². The van der Waals surface area contributed by atoms with Crippen LogP contribution in [0.25, 0.3) is 6.08 Å². The van der Waals surface area contributed by atoms with E-state index < -0.39 is 5.60 Å². The highest BCUT2D eigenvalue weighted by atomic mass is 16.6. The Kier molecular flexibility index (Phi) is 7.35. The number of rotatable bonds is 6. The fourth-order valence-corrected chi connectivity index (χ4v) is 5.77. The van der Waals surface area contributed by atoms with E-state index in [1.165, 1.54) is 19.3 Å². The third-order valence-corrected chi connectivity index (χ3v) is 7.66. The van der Waals surface area contributed by atoms with E-state index in [2.05, 4.69) is 55.0 Å². The van der Waals surface area contributed by atoms with Gasteiger partial charge >= 0.3 is 5.97 Å². The van der Waals surface area contributed by atoms with E-state index in [0.717, 1.165) is 43.7 Å². The predicted octanol–water partition coefficient (Wildman–Crippen LogP) is 5.35. The Labute approximate surface area is 199 Å². The number of piperidine rings is 2. The highest BCUT2D eigenvalue weighted by Crippen LogP contribution is 2.51. The van der Waals surface area contributed by atoms with Crippen LogP contribution in [0.2, 0.25) is 0 Å². The lowest BCUT2D eigenvalue weighted by atomic mass is 9.63. The molecule has 0 amide bonds. The number of esters is 1. The maximum Gasteiger partial charge on any atom is 0.331 e. The standard InChI is InChI=1S/C29H38N2O2/c1-24-21-29(26-15-9-5-10-16-26,33-27(32)18-17-25-13-7-4-8-14-25)28(2,22-30(24)3)23-31-19-11-6-12-20-31/h4-5,7-10,13-18,24H,6,11-12,19-23H2,1-3H3/b18-17+. The van der Waals surface area contributed by atoms with Crippen LogP contribution in [-0.2, 0) is 15.1 Å². The molecular weight excluding hydrogens is 408 g/mol. The average molecular weight is 447 g/mol. The van der Waals surface area contributed by atoms with E-state index in [9.17, 15) is 4.79 Å². The van der Waals surface area contributed by atoms with Gasteiger partial charge in [-0.15, -0.1) is 0 Å². The summed E-state index contributed by atoms with van der Waals surface area (Å²) in [7, 11) is 2.20. The molecule has 33 heavy (non-hydrogen) atoms. The first kappa shape index (κ1) is 23.7. The van der Waals surface area contributed by atoms with Crippen molar-refractivity contribution in [3.8, 4) is 0 Å². The molecule has 2 aliphatic rings. The van der Waals surface area contributed by atoms with E-state index in [-0.39, 0.29) is 11.4 Å². The molecule has 0 saturated carbocycles. The molecule has 2 heterocycles. The number of benzene rings is 2. The highest BCUT2D eigenvalue weighted by molar-refractivity contribution is 5.87. The minimum Gasteiger partial charge on any atom is -0.450 e. The quantitative estimate of drug-likeness (QED) is 0.442. The van der Waals surface area contributed by atoms with Gasteiger partial charge in [-0.3, -0.25) is 0 Å². The summed E-state index contributed by atoms with van der Waals surface area (Å²) in [6, 6.07) is 20.7. The Hall–Kier alpha value is -2.43. The normalized spacial score (nSPS) is 29.2. The lowest BCUT2D eigenvalue weighted by Gasteiger charge is -2.57. The predicted molar refractivity (Wildman–Crippen MR) is 135 cm³/mol. The highest BCUT2D eigenvalue weighted by Gasteiger charge is 2.57. The lowest BCUT2D eigenvalue weighted by Crippen LogP contribution is -2.64. The molecule has 0 aliphatic carbocycles. The Morgan fingerprint density at radius 1 is 1.03 bits per heavy atom. The summed E-state index contributed by atoms with van der Waals surface area (Å²) < 4.78 is 6.58. The number of hydrogen-bond acceptors (Lipinski definition) is 4. The van der Waals surface area contributed by atoms with Gasteiger partial charge in [0, 0.05) is 37.0 Å². The third kappa shape index (κ3) is 5.23. The van der Waals surface area contributed by atoms with Crippen molar-refractivity contribution >= 4 is 12.0 Å². The average Bonchev–Trinajstić information content (AvgIpc) is 2.83. The van der Waals surface area contributed by atoms with Crippen molar-refractivity contribution in [2.75, 3.05) is 33.2 Å². The number of carbonyl (C=O) groups is 1. The van der Waals surface area contributed by atoms with Crippen molar-refractivity contribution in [2.24, 2.45) is 5.41 Å². The summed E-state index contributed by atoms with van der Waals surface area (Å²) in [4.78, 5) is 18.3. The van der Waals surface area contributed by atoms with Crippen LogP contribution in [0.4, 0.5) is 0 Å². The van der Waals surface area contributed by atoms with Crippen molar-refractivity contribution in [1.29, 1.82) is 0 Å². The van der Waals surface area contributed by atoms with Crippen LogP contribution in [0.3, 0.4) is 0 Å².